The van der Waals surface area contributed by atoms with Gasteiger partial charge in [-0.05, 0) is 31.5 Å². The van der Waals surface area contributed by atoms with Crippen LogP contribution in [0.1, 0.15) is 25.3 Å². The molecule has 0 atom stereocenters. The van der Waals surface area contributed by atoms with E-state index in [9.17, 15) is 27.6 Å². The summed E-state index contributed by atoms with van der Waals surface area (Å²) >= 11 is 0. The third kappa shape index (κ3) is 5.53. The fraction of sp³-hybridized carbons (Fsp3) is 0.368. The van der Waals surface area contributed by atoms with Crippen molar-refractivity contribution in [1.82, 2.24) is 4.90 Å². The molecule has 0 unspecified atom stereocenters. The average molecular weight is 442 g/mol. The number of nitrogens with one attached hydrogen (secondary N) is 1. The van der Waals surface area contributed by atoms with Gasteiger partial charge in [-0.2, -0.15) is 13.2 Å². The smallest absolute Gasteiger partial charge is 0.416 e. The van der Waals surface area contributed by atoms with Crippen LogP contribution < -0.4 is 10.6 Å². The van der Waals surface area contributed by atoms with E-state index < -0.39 is 35.7 Å². The largest absolute Gasteiger partial charge is 0.469 e. The Balaban J connectivity index is 2.36. The Morgan fingerprint density at radius 2 is 1.94 bits per heavy atom. The van der Waals surface area contributed by atoms with Gasteiger partial charge in [-0.1, -0.05) is 6.07 Å². The zero-order valence-corrected chi connectivity index (χ0v) is 16.8. The third-order valence-electron chi connectivity index (χ3n) is 4.49. The minimum absolute atomic E-state index is 0.0240. The van der Waals surface area contributed by atoms with E-state index in [1.165, 1.54) is 20.1 Å². The molecule has 0 bridgehead atoms. The Hall–Kier alpha value is -3.57. The summed E-state index contributed by atoms with van der Waals surface area (Å²) in [5.74, 6) is -1.84. The van der Waals surface area contributed by atoms with Crippen molar-refractivity contribution in [2.24, 2.45) is 5.73 Å². The van der Waals surface area contributed by atoms with Crippen molar-refractivity contribution in [1.29, 1.82) is 5.41 Å². The first-order chi connectivity index (χ1) is 14.5. The Bertz CT molecular complexity index is 929. The Morgan fingerprint density at radius 1 is 1.26 bits per heavy atom. The molecular weight excluding hydrogens is 421 g/mol. The van der Waals surface area contributed by atoms with E-state index in [-0.39, 0.29) is 43.0 Å². The third-order valence-corrected chi connectivity index (χ3v) is 4.49. The van der Waals surface area contributed by atoms with Gasteiger partial charge in [-0.3, -0.25) is 20.0 Å². The zero-order chi connectivity index (χ0) is 23.3. The number of hydrogen-bond donors (Lipinski definition) is 2. The quantitative estimate of drug-likeness (QED) is 0.515. The number of ether oxygens (including phenoxy) is 2. The number of guanidine groups is 1. The fourth-order valence-electron chi connectivity index (χ4n) is 2.86. The molecule has 31 heavy (non-hydrogen) atoms. The number of nitrogens with two attached hydrogens (primary N) is 1. The molecule has 2 amide bonds. The topological polar surface area (TPSA) is 126 Å². The van der Waals surface area contributed by atoms with Gasteiger partial charge < -0.3 is 15.2 Å². The van der Waals surface area contributed by atoms with Crippen molar-refractivity contribution >= 4 is 29.6 Å². The van der Waals surface area contributed by atoms with E-state index in [2.05, 4.69) is 4.74 Å². The fourth-order valence-corrected chi connectivity index (χ4v) is 2.86. The number of esters is 2. The van der Waals surface area contributed by atoms with Crippen LogP contribution in [0.15, 0.2) is 35.5 Å². The molecule has 0 radical (unpaired) electrons. The van der Waals surface area contributed by atoms with Gasteiger partial charge in [0.2, 0.25) is 5.96 Å². The number of benzene rings is 1. The van der Waals surface area contributed by atoms with Crippen LogP contribution in [-0.2, 0) is 25.2 Å². The second-order valence-corrected chi connectivity index (χ2v) is 6.51. The minimum atomic E-state index is -4.63. The molecule has 0 fully saturated rings. The highest BCUT2D eigenvalue weighted by atomic mass is 19.4. The van der Waals surface area contributed by atoms with Crippen molar-refractivity contribution in [3.8, 4) is 0 Å². The van der Waals surface area contributed by atoms with Crippen molar-refractivity contribution in [3.63, 3.8) is 0 Å². The van der Waals surface area contributed by atoms with Gasteiger partial charge in [0.05, 0.1) is 31.4 Å². The average Bonchev–Trinajstić information content (AvgIpc) is 2.70. The molecule has 9 nitrogen and oxygen atoms in total. The molecule has 0 aliphatic carbocycles. The number of primary amides is 1. The van der Waals surface area contributed by atoms with Gasteiger partial charge in [0, 0.05) is 17.8 Å². The van der Waals surface area contributed by atoms with Crippen molar-refractivity contribution in [3.05, 3.63) is 41.1 Å². The van der Waals surface area contributed by atoms with Crippen LogP contribution in [0.5, 0.6) is 0 Å². The van der Waals surface area contributed by atoms with Gasteiger partial charge in [0.1, 0.15) is 0 Å². The zero-order valence-electron chi connectivity index (χ0n) is 16.8. The van der Waals surface area contributed by atoms with Gasteiger partial charge in [-0.15, -0.1) is 0 Å². The van der Waals surface area contributed by atoms with Gasteiger partial charge in [0.15, 0.2) is 0 Å². The number of urea groups is 1. The molecule has 12 heteroatoms. The summed E-state index contributed by atoms with van der Waals surface area (Å²) in [4.78, 5) is 37.2. The lowest BCUT2D eigenvalue weighted by atomic mass is 10.1. The summed E-state index contributed by atoms with van der Waals surface area (Å²) in [6.45, 7) is 0.908. The molecule has 1 aliphatic rings. The van der Waals surface area contributed by atoms with E-state index in [0.717, 1.165) is 28.0 Å². The molecule has 0 saturated carbocycles. The van der Waals surface area contributed by atoms with Crippen LogP contribution in [0, 0.1) is 5.41 Å². The van der Waals surface area contributed by atoms with Crippen LogP contribution in [0.3, 0.4) is 0 Å². The summed E-state index contributed by atoms with van der Waals surface area (Å²) in [7, 11) is 1.22. The molecule has 1 heterocycles. The van der Waals surface area contributed by atoms with E-state index >= 15 is 0 Å². The highest BCUT2D eigenvalue weighted by Gasteiger charge is 2.36. The summed E-state index contributed by atoms with van der Waals surface area (Å²) in [6, 6.07) is 3.04. The number of nitrogens with zero attached hydrogens (tertiary/aromatic N) is 2. The van der Waals surface area contributed by atoms with Crippen LogP contribution in [0.2, 0.25) is 0 Å². The minimum Gasteiger partial charge on any atom is -0.469 e. The number of hydrogen-bond acceptors (Lipinski definition) is 6. The lowest BCUT2D eigenvalue weighted by Gasteiger charge is -2.37. The highest BCUT2D eigenvalue weighted by molar-refractivity contribution is 6.09. The Morgan fingerprint density at radius 3 is 2.52 bits per heavy atom. The maximum absolute atomic E-state index is 13.1. The number of carbonyl (C=O) groups excluding carboxylic acids is 3. The van der Waals surface area contributed by atoms with Gasteiger partial charge >= 0.3 is 24.1 Å². The maximum Gasteiger partial charge on any atom is 0.416 e. The number of methoxy groups -OCH3 is 1. The first-order valence-corrected chi connectivity index (χ1v) is 9.04. The first kappa shape index (κ1) is 23.7. The summed E-state index contributed by atoms with van der Waals surface area (Å²) in [6.07, 6.45) is -4.41. The lowest BCUT2D eigenvalue weighted by molar-refractivity contribution is -0.144. The predicted octanol–water partition coefficient (Wildman–Crippen LogP) is 2.61. The number of anilines is 1. The highest BCUT2D eigenvalue weighted by Crippen LogP contribution is 2.34. The molecular formula is C19H21F3N4O5. The van der Waals surface area contributed by atoms with Gasteiger partial charge in [-0.25, -0.2) is 9.59 Å². The molecule has 3 N–H and O–H groups in total. The summed E-state index contributed by atoms with van der Waals surface area (Å²) in [5, 5.41) is 8.23. The second-order valence-electron chi connectivity index (χ2n) is 6.51. The number of carbonyl (C=O) groups is 3. The molecule has 1 aliphatic heterocycles. The predicted molar refractivity (Wildman–Crippen MR) is 103 cm³/mol. The second kappa shape index (κ2) is 9.49. The lowest BCUT2D eigenvalue weighted by Crippen LogP contribution is -2.54. The van der Waals surface area contributed by atoms with Crippen LogP contribution in [0.25, 0.3) is 0 Å². The number of alkyl halides is 3. The molecule has 0 spiro atoms. The van der Waals surface area contributed by atoms with E-state index in [1.807, 2.05) is 0 Å². The van der Waals surface area contributed by atoms with Crippen LogP contribution in [0.4, 0.5) is 23.7 Å². The first-order valence-electron chi connectivity index (χ1n) is 9.04. The van der Waals surface area contributed by atoms with Crippen LogP contribution in [-0.4, -0.2) is 49.1 Å². The SMILES string of the molecule is COC(=O)CCCOC(=O)C1=C(C)N(c2cccc(C(F)(F)F)c2)C(=N)N(C(N)=O)C1. The molecule has 0 saturated heterocycles. The number of amides is 2. The Kier molecular flexibility index (Phi) is 7.26. The molecule has 2 rings (SSSR count). The van der Waals surface area contributed by atoms with Gasteiger partial charge in [0.25, 0.3) is 0 Å². The summed E-state index contributed by atoms with van der Waals surface area (Å²) < 4.78 is 49.0. The van der Waals surface area contributed by atoms with Crippen LogP contribution >= 0.6 is 0 Å². The van der Waals surface area contributed by atoms with E-state index in [1.54, 1.807) is 0 Å². The number of allylic oxidation sites excluding steroid dienone is 1. The summed E-state index contributed by atoms with van der Waals surface area (Å²) in [5.41, 5.74) is 4.29. The standard InChI is InChI=1S/C19H21F3N4O5/c1-11-14(16(28)31-8-4-7-15(27)30-2)10-25(18(24)29)17(23)26(11)13-6-3-5-12(9-13)19(20,21)22/h3,5-6,9,23H,4,7-8,10H2,1-2H3,(H2,24,29). The monoisotopic (exact) mass is 442 g/mol. The van der Waals surface area contributed by atoms with Crippen molar-refractivity contribution in [2.75, 3.05) is 25.2 Å². The molecule has 1 aromatic carbocycles. The normalized spacial score (nSPS) is 14.5. The number of rotatable bonds is 6. The molecule has 168 valence electrons. The maximum atomic E-state index is 13.1. The molecule has 0 aromatic heterocycles. The van der Waals surface area contributed by atoms with E-state index in [0.29, 0.717) is 0 Å². The van der Waals surface area contributed by atoms with E-state index in [4.69, 9.17) is 15.9 Å². The van der Waals surface area contributed by atoms with Crippen molar-refractivity contribution in [2.45, 2.75) is 25.9 Å². The van der Waals surface area contributed by atoms with Crippen molar-refractivity contribution < 1.29 is 37.0 Å². The Labute approximate surface area is 175 Å². The molecule has 1 aromatic rings. The number of halogens is 3.